The molecule has 2 aromatic rings. The molecule has 192 valence electrons. The normalized spacial score (nSPS) is 24.3. The van der Waals surface area contributed by atoms with Crippen LogP contribution in [-0.2, 0) is 14.2 Å². The molecule has 0 radical (unpaired) electrons. The molecule has 1 saturated heterocycles. The first-order chi connectivity index (χ1) is 16.6. The third-order valence-corrected chi connectivity index (χ3v) is 5.44. The monoisotopic (exact) mass is 498 g/mol. The SMILES string of the molecule is COC(=O)c1cc(=O)c(O)c2c(O)c(O)c(OCCCO[C@@H]3O[C@H](CO)[C@@H](O)[C@H](O)[C@H]3O)cc2c1. The van der Waals surface area contributed by atoms with Crippen LogP contribution in [0.5, 0.6) is 23.0 Å². The maximum atomic E-state index is 12.1. The number of carbonyl (C=O) groups is 1. The number of esters is 1. The zero-order valence-electron chi connectivity index (χ0n) is 18.5. The van der Waals surface area contributed by atoms with Crippen LogP contribution < -0.4 is 10.2 Å². The molecule has 0 aliphatic carbocycles. The van der Waals surface area contributed by atoms with Crippen LogP contribution in [0.3, 0.4) is 0 Å². The summed E-state index contributed by atoms with van der Waals surface area (Å²) in [4.78, 5) is 24.0. The van der Waals surface area contributed by atoms with E-state index in [4.69, 9.17) is 14.2 Å². The van der Waals surface area contributed by atoms with Gasteiger partial charge >= 0.3 is 5.97 Å². The maximum absolute atomic E-state index is 12.1. The Morgan fingerprint density at radius 1 is 0.971 bits per heavy atom. The van der Waals surface area contributed by atoms with E-state index in [9.17, 15) is 45.3 Å². The molecule has 5 atom stereocenters. The van der Waals surface area contributed by atoms with Crippen molar-refractivity contribution in [3.05, 3.63) is 34.0 Å². The van der Waals surface area contributed by atoms with Gasteiger partial charge in [-0.05, 0) is 17.5 Å². The van der Waals surface area contributed by atoms with Crippen molar-refractivity contribution in [2.24, 2.45) is 0 Å². The number of phenols is 2. The van der Waals surface area contributed by atoms with Gasteiger partial charge in [0, 0.05) is 12.5 Å². The number of aliphatic hydroxyl groups excluding tert-OH is 4. The van der Waals surface area contributed by atoms with Crippen molar-refractivity contribution in [2.75, 3.05) is 26.9 Å². The van der Waals surface area contributed by atoms with Gasteiger partial charge in [0.05, 0.1) is 37.9 Å². The van der Waals surface area contributed by atoms with Crippen molar-refractivity contribution in [3.63, 3.8) is 0 Å². The molecular weight excluding hydrogens is 472 g/mol. The number of benzene rings is 1. The van der Waals surface area contributed by atoms with E-state index < -0.39 is 66.0 Å². The molecule has 13 heteroatoms. The van der Waals surface area contributed by atoms with Gasteiger partial charge < -0.3 is 54.7 Å². The van der Waals surface area contributed by atoms with Crippen LogP contribution >= 0.6 is 0 Å². The summed E-state index contributed by atoms with van der Waals surface area (Å²) in [6.07, 6.45) is -6.92. The fourth-order valence-corrected chi connectivity index (χ4v) is 3.55. The lowest BCUT2D eigenvalue weighted by molar-refractivity contribution is -0.301. The molecule has 1 aliphatic rings. The molecule has 2 aromatic carbocycles. The fourth-order valence-electron chi connectivity index (χ4n) is 3.55. The van der Waals surface area contributed by atoms with Gasteiger partial charge in [0.2, 0.25) is 11.2 Å². The molecule has 1 fully saturated rings. The number of aliphatic hydroxyl groups is 4. The second-order valence-electron chi connectivity index (χ2n) is 7.75. The smallest absolute Gasteiger partial charge is 0.338 e. The number of aromatic hydroxyl groups is 3. The highest BCUT2D eigenvalue weighted by Crippen LogP contribution is 2.44. The Morgan fingerprint density at radius 3 is 2.34 bits per heavy atom. The summed E-state index contributed by atoms with van der Waals surface area (Å²) in [5.74, 6) is -3.57. The van der Waals surface area contributed by atoms with Gasteiger partial charge in [0.1, 0.15) is 24.4 Å². The minimum atomic E-state index is -1.58. The van der Waals surface area contributed by atoms with Crippen molar-refractivity contribution < 1.29 is 59.5 Å². The van der Waals surface area contributed by atoms with E-state index in [2.05, 4.69) is 4.74 Å². The average Bonchev–Trinajstić information content (AvgIpc) is 2.97. The summed E-state index contributed by atoms with van der Waals surface area (Å²) in [6.45, 7) is -0.750. The Labute approximate surface area is 197 Å². The first kappa shape index (κ1) is 26.4. The average molecular weight is 498 g/mol. The van der Waals surface area contributed by atoms with Gasteiger partial charge in [0.15, 0.2) is 23.5 Å². The van der Waals surface area contributed by atoms with Crippen molar-refractivity contribution in [1.82, 2.24) is 0 Å². The van der Waals surface area contributed by atoms with Gasteiger partial charge in [-0.25, -0.2) is 4.79 Å². The van der Waals surface area contributed by atoms with Crippen LogP contribution in [0, 0.1) is 0 Å². The number of phenolic OH excluding ortho intramolecular Hbond substituents is 2. The largest absolute Gasteiger partial charge is 0.504 e. The zero-order valence-corrected chi connectivity index (χ0v) is 18.5. The topological polar surface area (TPSA) is 213 Å². The van der Waals surface area contributed by atoms with E-state index in [1.165, 1.54) is 12.1 Å². The molecule has 7 N–H and O–H groups in total. The van der Waals surface area contributed by atoms with Crippen molar-refractivity contribution in [1.29, 1.82) is 0 Å². The Morgan fingerprint density at radius 2 is 1.69 bits per heavy atom. The second kappa shape index (κ2) is 11.0. The molecule has 13 nitrogen and oxygen atoms in total. The fraction of sp³-hybridized carbons (Fsp3) is 0.455. The Bertz CT molecular complexity index is 1130. The van der Waals surface area contributed by atoms with Gasteiger partial charge in [-0.2, -0.15) is 0 Å². The molecule has 0 bridgehead atoms. The highest BCUT2D eigenvalue weighted by Gasteiger charge is 2.43. The van der Waals surface area contributed by atoms with Gasteiger partial charge in [-0.1, -0.05) is 0 Å². The lowest BCUT2D eigenvalue weighted by Crippen LogP contribution is -2.59. The van der Waals surface area contributed by atoms with Gasteiger partial charge in [0.25, 0.3) is 0 Å². The third kappa shape index (κ3) is 5.40. The summed E-state index contributed by atoms with van der Waals surface area (Å²) in [5.41, 5.74) is -1.18. The summed E-state index contributed by atoms with van der Waals surface area (Å²) in [5, 5.41) is 69.1. The van der Waals surface area contributed by atoms with Crippen LogP contribution in [-0.4, -0.2) is 99.4 Å². The summed E-state index contributed by atoms with van der Waals surface area (Å²) < 4.78 is 20.6. The first-order valence-electron chi connectivity index (χ1n) is 10.5. The number of carbonyl (C=O) groups excluding carboxylic acids is 1. The standard InChI is InChI=1S/C22H26O13/c1-32-21(31)10-5-9-7-12(16(26)18(28)14(9)15(25)11(24)6-10)33-3-2-4-34-22-20(30)19(29)17(27)13(8-23)35-22/h5-7,13,17,19-20,22-23,26-30H,2-4,8H2,1H3,(H,24,25)/t13-,17-,19+,20-,22-/m1/s1. The number of fused-ring (bicyclic) bond motifs is 1. The van der Waals surface area contributed by atoms with Gasteiger partial charge in [-0.15, -0.1) is 0 Å². The van der Waals surface area contributed by atoms with E-state index in [1.807, 2.05) is 0 Å². The maximum Gasteiger partial charge on any atom is 0.338 e. The van der Waals surface area contributed by atoms with E-state index in [0.717, 1.165) is 13.2 Å². The quantitative estimate of drug-likeness (QED) is 0.128. The van der Waals surface area contributed by atoms with Crippen LogP contribution in [0.15, 0.2) is 23.0 Å². The molecule has 0 unspecified atom stereocenters. The molecule has 0 saturated carbocycles. The number of methoxy groups -OCH3 is 1. The van der Waals surface area contributed by atoms with Crippen LogP contribution in [0.25, 0.3) is 10.8 Å². The summed E-state index contributed by atoms with van der Waals surface area (Å²) >= 11 is 0. The molecule has 0 spiro atoms. The highest BCUT2D eigenvalue weighted by atomic mass is 16.7. The molecule has 0 aromatic heterocycles. The van der Waals surface area contributed by atoms with Crippen LogP contribution in [0.2, 0.25) is 0 Å². The predicted octanol–water partition coefficient (Wildman–Crippen LogP) is -1.31. The predicted molar refractivity (Wildman–Crippen MR) is 116 cm³/mol. The Balaban J connectivity index is 1.72. The van der Waals surface area contributed by atoms with Crippen molar-refractivity contribution >= 4 is 16.7 Å². The van der Waals surface area contributed by atoms with Gasteiger partial charge in [-0.3, -0.25) is 4.79 Å². The van der Waals surface area contributed by atoms with E-state index in [0.29, 0.717) is 0 Å². The Kier molecular flexibility index (Phi) is 8.32. The zero-order chi connectivity index (χ0) is 25.9. The summed E-state index contributed by atoms with van der Waals surface area (Å²) in [7, 11) is 1.10. The van der Waals surface area contributed by atoms with Crippen molar-refractivity contribution in [2.45, 2.75) is 37.1 Å². The van der Waals surface area contributed by atoms with Crippen molar-refractivity contribution in [3.8, 4) is 23.0 Å². The van der Waals surface area contributed by atoms with E-state index in [-0.39, 0.29) is 41.7 Å². The van der Waals surface area contributed by atoms with E-state index >= 15 is 0 Å². The molecule has 0 amide bonds. The lowest BCUT2D eigenvalue weighted by atomic mass is 9.99. The highest BCUT2D eigenvalue weighted by molar-refractivity contribution is 6.00. The molecule has 1 heterocycles. The molecule has 1 aliphatic heterocycles. The first-order valence-corrected chi connectivity index (χ1v) is 10.5. The lowest BCUT2D eigenvalue weighted by Gasteiger charge is -2.39. The molecular formula is C22H26O13. The molecule has 35 heavy (non-hydrogen) atoms. The van der Waals surface area contributed by atoms with Crippen LogP contribution in [0.1, 0.15) is 16.8 Å². The van der Waals surface area contributed by atoms with Crippen LogP contribution in [0.4, 0.5) is 0 Å². The third-order valence-electron chi connectivity index (χ3n) is 5.44. The minimum Gasteiger partial charge on any atom is -0.504 e. The number of ether oxygens (including phenoxy) is 4. The summed E-state index contributed by atoms with van der Waals surface area (Å²) in [6, 6.07) is 3.21. The van der Waals surface area contributed by atoms with E-state index in [1.54, 1.807) is 0 Å². The Hall–Kier alpha value is -3.20. The second-order valence-corrected chi connectivity index (χ2v) is 7.75. The molecule has 3 rings (SSSR count). The number of rotatable bonds is 8. The number of hydrogen-bond acceptors (Lipinski definition) is 13. The number of hydrogen-bond donors (Lipinski definition) is 7. The minimum absolute atomic E-state index is 0.00729.